The normalized spacial score (nSPS) is 13.4. The van der Waals surface area contributed by atoms with Crippen LogP contribution in [0.4, 0.5) is 11.6 Å². The largest absolute Gasteiger partial charge is 0.370 e. The van der Waals surface area contributed by atoms with Crippen LogP contribution < -0.4 is 10.2 Å². The quantitative estimate of drug-likeness (QED) is 0.795. The highest BCUT2D eigenvalue weighted by Crippen LogP contribution is 2.40. The third-order valence-corrected chi connectivity index (χ3v) is 3.25. The Labute approximate surface area is 119 Å². The van der Waals surface area contributed by atoms with Crippen LogP contribution in [0.25, 0.3) is 0 Å². The lowest BCUT2D eigenvalue weighted by Crippen LogP contribution is -2.27. The molecule has 1 aromatic heterocycles. The summed E-state index contributed by atoms with van der Waals surface area (Å²) in [5.41, 5.74) is 0.891. The summed E-state index contributed by atoms with van der Waals surface area (Å²) >= 11 is 0. The monoisotopic (exact) mass is 270 g/mol. The van der Waals surface area contributed by atoms with E-state index in [1.807, 2.05) is 13.8 Å². The van der Waals surface area contributed by atoms with Crippen molar-refractivity contribution in [3.63, 3.8) is 0 Å². The van der Waals surface area contributed by atoms with Crippen molar-refractivity contribution in [3.8, 4) is 12.1 Å². The molecule has 0 aromatic carbocycles. The van der Waals surface area contributed by atoms with Crippen LogP contribution in [0, 0.1) is 29.6 Å². The first-order chi connectivity index (χ1) is 9.71. The van der Waals surface area contributed by atoms with E-state index in [0.29, 0.717) is 11.7 Å². The first-order valence-corrected chi connectivity index (χ1v) is 6.82. The Morgan fingerprint density at radius 1 is 1.25 bits per heavy atom. The van der Waals surface area contributed by atoms with Crippen molar-refractivity contribution in [2.24, 2.45) is 0 Å². The number of aromatic nitrogens is 2. The van der Waals surface area contributed by atoms with Crippen LogP contribution in [0.1, 0.15) is 37.1 Å². The Balaban J connectivity index is 2.43. The highest BCUT2D eigenvalue weighted by Gasteiger charge is 2.29. The van der Waals surface area contributed by atoms with E-state index in [4.69, 9.17) is 10.5 Å². The summed E-state index contributed by atoms with van der Waals surface area (Å²) in [6.45, 7) is 5.02. The van der Waals surface area contributed by atoms with Gasteiger partial charge in [0.05, 0.1) is 12.1 Å². The van der Waals surface area contributed by atoms with E-state index in [0.717, 1.165) is 36.6 Å². The number of nitriles is 2. The SMILES string of the molecule is CCNc1nc(C2CC2)nc(N(CC#N)CC#N)c1C. The summed E-state index contributed by atoms with van der Waals surface area (Å²) in [7, 11) is 0. The van der Waals surface area contributed by atoms with Crippen molar-refractivity contribution < 1.29 is 0 Å². The van der Waals surface area contributed by atoms with Gasteiger partial charge in [0.1, 0.15) is 30.5 Å². The van der Waals surface area contributed by atoms with Crippen LogP contribution in [-0.2, 0) is 0 Å². The maximum Gasteiger partial charge on any atom is 0.139 e. The minimum Gasteiger partial charge on any atom is -0.370 e. The van der Waals surface area contributed by atoms with E-state index in [1.54, 1.807) is 4.90 Å². The van der Waals surface area contributed by atoms with Gasteiger partial charge in [-0.3, -0.25) is 0 Å². The Bertz CT molecular complexity index is 548. The first kappa shape index (κ1) is 14.1. The molecule has 20 heavy (non-hydrogen) atoms. The molecule has 1 fully saturated rings. The number of nitrogens with zero attached hydrogens (tertiary/aromatic N) is 5. The van der Waals surface area contributed by atoms with E-state index in [-0.39, 0.29) is 13.1 Å². The molecule has 6 heteroatoms. The van der Waals surface area contributed by atoms with Crippen molar-refractivity contribution in [1.29, 1.82) is 10.5 Å². The number of rotatable bonds is 6. The van der Waals surface area contributed by atoms with Crippen LogP contribution >= 0.6 is 0 Å². The average molecular weight is 270 g/mol. The van der Waals surface area contributed by atoms with Crippen LogP contribution in [0.3, 0.4) is 0 Å². The predicted octanol–water partition coefficient (Wildman–Crippen LogP) is 1.95. The number of hydrogen-bond acceptors (Lipinski definition) is 6. The molecule has 2 rings (SSSR count). The maximum atomic E-state index is 8.92. The van der Waals surface area contributed by atoms with Gasteiger partial charge in [0.15, 0.2) is 0 Å². The van der Waals surface area contributed by atoms with Gasteiger partial charge in [-0.2, -0.15) is 10.5 Å². The second-order valence-corrected chi connectivity index (χ2v) is 4.86. The van der Waals surface area contributed by atoms with Crippen molar-refractivity contribution in [3.05, 3.63) is 11.4 Å². The van der Waals surface area contributed by atoms with E-state index in [1.165, 1.54) is 0 Å². The molecule has 1 heterocycles. The van der Waals surface area contributed by atoms with Gasteiger partial charge >= 0.3 is 0 Å². The molecule has 0 bridgehead atoms. The minimum atomic E-state index is 0.154. The molecule has 0 aliphatic heterocycles. The summed E-state index contributed by atoms with van der Waals surface area (Å²) in [5.74, 6) is 2.75. The fourth-order valence-electron chi connectivity index (χ4n) is 2.07. The maximum absolute atomic E-state index is 8.92. The zero-order valence-corrected chi connectivity index (χ0v) is 11.8. The Morgan fingerprint density at radius 3 is 2.40 bits per heavy atom. The van der Waals surface area contributed by atoms with Gasteiger partial charge in [-0.1, -0.05) is 0 Å². The molecule has 0 amide bonds. The first-order valence-electron chi connectivity index (χ1n) is 6.82. The zero-order chi connectivity index (χ0) is 14.5. The number of hydrogen-bond donors (Lipinski definition) is 1. The fraction of sp³-hybridized carbons (Fsp3) is 0.571. The summed E-state index contributed by atoms with van der Waals surface area (Å²) in [4.78, 5) is 10.9. The molecule has 0 atom stereocenters. The lowest BCUT2D eigenvalue weighted by molar-refractivity contribution is 0.861. The molecule has 1 aliphatic rings. The van der Waals surface area contributed by atoms with Crippen molar-refractivity contribution >= 4 is 11.6 Å². The topological polar surface area (TPSA) is 88.6 Å². The molecule has 6 nitrogen and oxygen atoms in total. The Kier molecular flexibility index (Phi) is 4.37. The standard InChI is InChI=1S/C14H18N6/c1-3-17-12-10(2)14(20(8-6-15)9-7-16)19-13(18-12)11-4-5-11/h11H,3-5,8-9H2,1-2H3,(H,17,18,19). The summed E-state index contributed by atoms with van der Waals surface area (Å²) < 4.78 is 0. The average Bonchev–Trinajstić information content (AvgIpc) is 3.26. The zero-order valence-electron chi connectivity index (χ0n) is 11.8. The van der Waals surface area contributed by atoms with E-state index < -0.39 is 0 Å². The molecule has 1 aromatic rings. The van der Waals surface area contributed by atoms with Crippen LogP contribution in [-0.4, -0.2) is 29.6 Å². The van der Waals surface area contributed by atoms with Gasteiger partial charge in [-0.25, -0.2) is 9.97 Å². The second-order valence-electron chi connectivity index (χ2n) is 4.86. The molecule has 0 saturated heterocycles. The Morgan fingerprint density at radius 2 is 1.90 bits per heavy atom. The molecule has 0 spiro atoms. The third kappa shape index (κ3) is 2.97. The van der Waals surface area contributed by atoms with Crippen molar-refractivity contribution in [1.82, 2.24) is 9.97 Å². The molecular formula is C14H18N6. The van der Waals surface area contributed by atoms with Gasteiger partial charge in [0.2, 0.25) is 0 Å². The molecular weight excluding hydrogens is 252 g/mol. The summed E-state index contributed by atoms with van der Waals surface area (Å²) in [6.07, 6.45) is 2.23. The highest BCUT2D eigenvalue weighted by atomic mass is 15.2. The van der Waals surface area contributed by atoms with Crippen molar-refractivity contribution in [2.75, 3.05) is 29.9 Å². The minimum absolute atomic E-state index is 0.154. The molecule has 1 saturated carbocycles. The van der Waals surface area contributed by atoms with Crippen LogP contribution in [0.2, 0.25) is 0 Å². The van der Waals surface area contributed by atoms with Gasteiger partial charge < -0.3 is 10.2 Å². The molecule has 1 N–H and O–H groups in total. The predicted molar refractivity (Wildman–Crippen MR) is 76.3 cm³/mol. The van der Waals surface area contributed by atoms with E-state index >= 15 is 0 Å². The summed E-state index contributed by atoms with van der Waals surface area (Å²) in [5, 5.41) is 21.1. The van der Waals surface area contributed by atoms with Crippen molar-refractivity contribution in [2.45, 2.75) is 32.6 Å². The van der Waals surface area contributed by atoms with Crippen LogP contribution in [0.5, 0.6) is 0 Å². The van der Waals surface area contributed by atoms with Gasteiger partial charge in [0, 0.05) is 18.0 Å². The summed E-state index contributed by atoms with van der Waals surface area (Å²) in [6, 6.07) is 4.18. The van der Waals surface area contributed by atoms with E-state index in [9.17, 15) is 0 Å². The van der Waals surface area contributed by atoms with Gasteiger partial charge in [-0.05, 0) is 26.7 Å². The van der Waals surface area contributed by atoms with E-state index in [2.05, 4.69) is 27.4 Å². The smallest absolute Gasteiger partial charge is 0.139 e. The number of nitrogens with one attached hydrogen (secondary N) is 1. The molecule has 1 aliphatic carbocycles. The molecule has 104 valence electrons. The second kappa shape index (κ2) is 6.21. The lowest BCUT2D eigenvalue weighted by Gasteiger charge is -2.21. The van der Waals surface area contributed by atoms with Gasteiger partial charge in [0.25, 0.3) is 0 Å². The van der Waals surface area contributed by atoms with Gasteiger partial charge in [-0.15, -0.1) is 0 Å². The number of anilines is 2. The Hall–Kier alpha value is -2.34. The fourth-order valence-corrected chi connectivity index (χ4v) is 2.07. The molecule has 0 unspecified atom stereocenters. The molecule has 0 radical (unpaired) electrons. The highest BCUT2D eigenvalue weighted by molar-refractivity contribution is 5.59. The van der Waals surface area contributed by atoms with Crippen LogP contribution in [0.15, 0.2) is 0 Å². The third-order valence-electron chi connectivity index (χ3n) is 3.25. The lowest BCUT2D eigenvalue weighted by atomic mass is 10.2.